The second-order valence-corrected chi connectivity index (χ2v) is 11.2. The molecular formula is C35H41F2N3O5. The topological polar surface area (TPSA) is 81.3 Å². The zero-order valence-electron chi connectivity index (χ0n) is 25.6. The minimum Gasteiger partial charge on any atom is -0.493 e. The number of nitrogens with one attached hydrogen (secondary N) is 2. The van der Waals surface area contributed by atoms with Gasteiger partial charge in [-0.15, -0.1) is 0 Å². The number of ether oxygens (including phenoxy) is 4. The van der Waals surface area contributed by atoms with Gasteiger partial charge in [0.15, 0.2) is 11.6 Å². The summed E-state index contributed by atoms with van der Waals surface area (Å²) in [5.41, 5.74) is 3.45. The minimum absolute atomic E-state index is 0.00488. The third-order valence-corrected chi connectivity index (χ3v) is 7.94. The van der Waals surface area contributed by atoms with Crippen molar-refractivity contribution in [3.63, 3.8) is 0 Å². The Bertz CT molecular complexity index is 1420. The number of rotatable bonds is 14. The third kappa shape index (κ3) is 9.42. The molecule has 2 unspecified atom stereocenters. The monoisotopic (exact) mass is 621 g/mol. The molecule has 10 heteroatoms. The van der Waals surface area contributed by atoms with Gasteiger partial charge in [-0.2, -0.15) is 0 Å². The lowest BCUT2D eigenvalue weighted by atomic mass is 9.87. The lowest BCUT2D eigenvalue weighted by molar-refractivity contribution is -0.118. The van der Waals surface area contributed by atoms with E-state index >= 15 is 0 Å². The van der Waals surface area contributed by atoms with Crippen LogP contribution in [0.1, 0.15) is 44.1 Å². The Labute approximate surface area is 263 Å². The number of nitrogens with zero attached hydrogens (tertiary/aromatic N) is 1. The fraction of sp³-hybridized carbons (Fsp3) is 0.400. The second-order valence-electron chi connectivity index (χ2n) is 11.2. The van der Waals surface area contributed by atoms with Crippen molar-refractivity contribution in [3.05, 3.63) is 107 Å². The molecule has 0 spiro atoms. The van der Waals surface area contributed by atoms with E-state index in [0.29, 0.717) is 32.7 Å². The largest absolute Gasteiger partial charge is 0.493 e. The number of halogens is 2. The first-order valence-corrected chi connectivity index (χ1v) is 15.5. The van der Waals surface area contributed by atoms with Gasteiger partial charge in [-0.1, -0.05) is 24.3 Å². The van der Waals surface area contributed by atoms with Gasteiger partial charge in [-0.05, 0) is 61.2 Å². The maximum absolute atomic E-state index is 13.7. The molecule has 1 amide bonds. The van der Waals surface area contributed by atoms with Gasteiger partial charge in [0.25, 0.3) is 0 Å². The lowest BCUT2D eigenvalue weighted by Gasteiger charge is -2.33. The first-order valence-electron chi connectivity index (χ1n) is 15.5. The summed E-state index contributed by atoms with van der Waals surface area (Å²) in [4.78, 5) is 13.3. The van der Waals surface area contributed by atoms with Gasteiger partial charge in [-0.25, -0.2) is 8.78 Å². The molecular weight excluding hydrogens is 580 g/mol. The van der Waals surface area contributed by atoms with Crippen molar-refractivity contribution >= 4 is 5.91 Å². The van der Waals surface area contributed by atoms with Crippen LogP contribution in [0.25, 0.3) is 0 Å². The van der Waals surface area contributed by atoms with E-state index in [1.165, 1.54) is 12.5 Å². The van der Waals surface area contributed by atoms with E-state index in [1.54, 1.807) is 6.26 Å². The number of hydrogen-bond acceptors (Lipinski definition) is 7. The van der Waals surface area contributed by atoms with Crippen LogP contribution >= 0.6 is 0 Å². The number of amides is 1. The van der Waals surface area contributed by atoms with Gasteiger partial charge >= 0.3 is 0 Å². The van der Waals surface area contributed by atoms with Crippen molar-refractivity contribution in [2.24, 2.45) is 0 Å². The molecule has 2 aliphatic heterocycles. The highest BCUT2D eigenvalue weighted by atomic mass is 19.1. The van der Waals surface area contributed by atoms with E-state index in [0.717, 1.165) is 73.2 Å². The second kappa shape index (κ2) is 16.2. The van der Waals surface area contributed by atoms with Crippen molar-refractivity contribution in [1.82, 2.24) is 15.5 Å². The quantitative estimate of drug-likeness (QED) is 0.262. The SMILES string of the molecule is CC(=O)NCCN1C=COC(C2=C(COC3CNCCC3c3ccc(OCCCOc4cc(F)ccc4F)cc3)C=CCC2)=C1. The van der Waals surface area contributed by atoms with E-state index in [9.17, 15) is 13.6 Å². The minimum atomic E-state index is -0.587. The van der Waals surface area contributed by atoms with Crippen molar-refractivity contribution in [1.29, 1.82) is 0 Å². The summed E-state index contributed by atoms with van der Waals surface area (Å²) in [5.74, 6) is 0.528. The Morgan fingerprint density at radius 3 is 2.82 bits per heavy atom. The molecule has 2 aromatic carbocycles. The normalized spacial score (nSPS) is 19.6. The summed E-state index contributed by atoms with van der Waals surface area (Å²) < 4.78 is 50.7. The van der Waals surface area contributed by atoms with E-state index in [4.69, 9.17) is 18.9 Å². The van der Waals surface area contributed by atoms with Crippen LogP contribution < -0.4 is 20.1 Å². The summed E-state index contributed by atoms with van der Waals surface area (Å²) in [5, 5.41) is 6.31. The number of benzene rings is 2. The Hall–Kier alpha value is -4.15. The highest BCUT2D eigenvalue weighted by Crippen LogP contribution is 2.32. The molecule has 0 bridgehead atoms. The Morgan fingerprint density at radius 1 is 1.13 bits per heavy atom. The zero-order chi connectivity index (χ0) is 31.4. The number of carbonyl (C=O) groups is 1. The van der Waals surface area contributed by atoms with Gasteiger partial charge < -0.3 is 34.5 Å². The van der Waals surface area contributed by atoms with E-state index in [1.807, 2.05) is 29.4 Å². The van der Waals surface area contributed by atoms with Crippen LogP contribution in [0.2, 0.25) is 0 Å². The molecule has 3 aliphatic rings. The van der Waals surface area contributed by atoms with E-state index in [-0.39, 0.29) is 30.3 Å². The molecule has 5 rings (SSSR count). The zero-order valence-corrected chi connectivity index (χ0v) is 25.6. The maximum atomic E-state index is 13.7. The van der Waals surface area contributed by atoms with Gasteiger partial charge in [-0.3, -0.25) is 4.79 Å². The van der Waals surface area contributed by atoms with Crippen LogP contribution in [0.15, 0.2) is 90.2 Å². The summed E-state index contributed by atoms with van der Waals surface area (Å²) >= 11 is 0. The van der Waals surface area contributed by atoms with Crippen LogP contribution in [-0.2, 0) is 14.3 Å². The summed E-state index contributed by atoms with van der Waals surface area (Å²) in [7, 11) is 0. The molecule has 2 atom stereocenters. The smallest absolute Gasteiger partial charge is 0.216 e. The van der Waals surface area contributed by atoms with Crippen LogP contribution in [0.3, 0.4) is 0 Å². The molecule has 2 heterocycles. The van der Waals surface area contributed by atoms with Gasteiger partial charge in [0.2, 0.25) is 5.91 Å². The number of carbonyl (C=O) groups excluding carboxylic acids is 1. The first-order chi connectivity index (χ1) is 22.0. The predicted molar refractivity (Wildman–Crippen MR) is 167 cm³/mol. The Kier molecular flexibility index (Phi) is 11.6. The summed E-state index contributed by atoms with van der Waals surface area (Å²) in [6.07, 6.45) is 13.2. The number of piperidine rings is 1. The molecule has 1 aliphatic carbocycles. The average Bonchev–Trinajstić information content (AvgIpc) is 3.06. The fourth-order valence-electron chi connectivity index (χ4n) is 5.60. The van der Waals surface area contributed by atoms with Crippen LogP contribution in [0.4, 0.5) is 8.78 Å². The third-order valence-electron chi connectivity index (χ3n) is 7.94. The Morgan fingerprint density at radius 2 is 1.98 bits per heavy atom. The molecule has 2 aromatic rings. The number of allylic oxidation sites excluding steroid dienone is 2. The summed E-state index contributed by atoms with van der Waals surface area (Å²) in [6.45, 7) is 5.50. The lowest BCUT2D eigenvalue weighted by Crippen LogP contribution is -2.41. The van der Waals surface area contributed by atoms with Gasteiger partial charge in [0.05, 0.1) is 25.9 Å². The van der Waals surface area contributed by atoms with Crippen LogP contribution in [0, 0.1) is 11.6 Å². The molecule has 2 N–H and O–H groups in total. The van der Waals surface area contributed by atoms with Crippen LogP contribution in [0.5, 0.6) is 11.5 Å². The molecule has 0 radical (unpaired) electrons. The molecule has 0 aromatic heterocycles. The first kappa shape index (κ1) is 32.2. The van der Waals surface area contributed by atoms with Crippen molar-refractivity contribution in [3.8, 4) is 11.5 Å². The molecule has 1 saturated heterocycles. The predicted octanol–water partition coefficient (Wildman–Crippen LogP) is 5.70. The summed E-state index contributed by atoms with van der Waals surface area (Å²) in [6, 6.07) is 11.3. The van der Waals surface area contributed by atoms with E-state index in [2.05, 4.69) is 34.9 Å². The highest BCUT2D eigenvalue weighted by Gasteiger charge is 2.28. The maximum Gasteiger partial charge on any atom is 0.216 e. The standard InChI is InChI=1S/C35H41F2N3O5/c1-25(41)39-15-16-40-17-20-44-35(23-40)30-6-3-2-5-27(30)24-45-34-22-38-14-13-31(34)26-7-10-29(11-8-26)42-18-4-19-43-33-21-28(36)9-12-32(33)37/h2,5,7-12,17,20-21,23,31,34,38H,3-4,6,13-16,18-19,22,24H2,1H3,(H,39,41). The van der Waals surface area contributed by atoms with Crippen molar-refractivity contribution < 1.29 is 32.5 Å². The molecule has 0 saturated carbocycles. The molecule has 45 heavy (non-hydrogen) atoms. The number of hydrogen-bond donors (Lipinski definition) is 2. The van der Waals surface area contributed by atoms with Gasteiger partial charge in [0.1, 0.15) is 23.6 Å². The molecule has 240 valence electrons. The van der Waals surface area contributed by atoms with Crippen LogP contribution in [-0.4, -0.2) is 62.9 Å². The fourth-order valence-corrected chi connectivity index (χ4v) is 5.60. The highest BCUT2D eigenvalue weighted by molar-refractivity contribution is 5.72. The van der Waals surface area contributed by atoms with Crippen molar-refractivity contribution in [2.45, 2.75) is 44.6 Å². The van der Waals surface area contributed by atoms with Crippen molar-refractivity contribution in [2.75, 3.05) is 46.0 Å². The molecule has 8 nitrogen and oxygen atoms in total. The van der Waals surface area contributed by atoms with Gasteiger partial charge in [0, 0.05) is 62.9 Å². The Balaban J connectivity index is 1.13. The van der Waals surface area contributed by atoms with E-state index < -0.39 is 11.6 Å². The molecule has 1 fully saturated rings. The average molecular weight is 622 g/mol.